The second-order valence-corrected chi connectivity index (χ2v) is 6.54. The molecule has 0 spiro atoms. The predicted molar refractivity (Wildman–Crippen MR) is 71.2 cm³/mol. The van der Waals surface area contributed by atoms with Gasteiger partial charge in [0.05, 0.1) is 6.07 Å². The highest BCUT2D eigenvalue weighted by atomic mass is 32.2. The number of hydrogen-bond donors (Lipinski definition) is 1. The summed E-state index contributed by atoms with van der Waals surface area (Å²) in [5.74, 6) is 1.65. The Bertz CT molecular complexity index is 293. The molecule has 1 unspecified atom stereocenters. The highest BCUT2D eigenvalue weighted by Crippen LogP contribution is 2.12. The fraction of sp³-hybridized carbons (Fsp3) is 0.917. The van der Waals surface area contributed by atoms with Crippen LogP contribution in [-0.4, -0.2) is 52.8 Å². The molecular weight excluding hydrogens is 234 g/mol. The summed E-state index contributed by atoms with van der Waals surface area (Å²) in [7, 11) is 1.26. The molecule has 5 heteroatoms. The number of nitrogens with zero attached hydrogens (tertiary/aromatic N) is 2. The second kappa shape index (κ2) is 7.10. The van der Waals surface area contributed by atoms with Gasteiger partial charge in [0.2, 0.25) is 0 Å². The van der Waals surface area contributed by atoms with Gasteiger partial charge in [-0.2, -0.15) is 5.26 Å². The predicted octanol–water partition coefficient (Wildman–Crippen LogP) is 0.723. The molecule has 1 aliphatic rings. The van der Waals surface area contributed by atoms with Crippen molar-refractivity contribution in [2.45, 2.75) is 31.7 Å². The van der Waals surface area contributed by atoms with Crippen LogP contribution < -0.4 is 5.32 Å². The molecule has 1 atom stereocenters. The van der Waals surface area contributed by atoms with Crippen molar-refractivity contribution in [2.75, 3.05) is 38.2 Å². The van der Waals surface area contributed by atoms with Gasteiger partial charge in [0.15, 0.2) is 0 Å². The van der Waals surface area contributed by atoms with Crippen LogP contribution in [0.3, 0.4) is 0 Å². The molecule has 1 fully saturated rings. The van der Waals surface area contributed by atoms with Gasteiger partial charge >= 0.3 is 0 Å². The van der Waals surface area contributed by atoms with Gasteiger partial charge in [-0.25, -0.2) is 0 Å². The van der Waals surface area contributed by atoms with Crippen molar-refractivity contribution in [3.63, 3.8) is 0 Å². The largest absolute Gasteiger partial charge is 0.303 e. The summed E-state index contributed by atoms with van der Waals surface area (Å²) in [6.07, 6.45) is 3.07. The van der Waals surface area contributed by atoms with Crippen LogP contribution in [0.15, 0.2) is 0 Å². The maximum Gasteiger partial charge on any atom is 0.103 e. The lowest BCUT2D eigenvalue weighted by Gasteiger charge is -2.26. The van der Waals surface area contributed by atoms with Crippen molar-refractivity contribution >= 4 is 10.8 Å². The molecule has 1 saturated heterocycles. The van der Waals surface area contributed by atoms with E-state index in [9.17, 15) is 4.21 Å². The molecule has 0 amide bonds. The number of unbranched alkanes of at least 4 members (excludes halogenated alkanes) is 1. The molecule has 1 rings (SSSR count). The summed E-state index contributed by atoms with van der Waals surface area (Å²) < 4.78 is 11.2. The second-order valence-electron chi connectivity index (χ2n) is 4.84. The van der Waals surface area contributed by atoms with E-state index in [0.717, 1.165) is 50.4 Å². The maximum atomic E-state index is 11.2. The van der Waals surface area contributed by atoms with E-state index in [1.54, 1.807) is 0 Å². The zero-order valence-corrected chi connectivity index (χ0v) is 11.7. The SMILES string of the molecule is CNC(C)(C#N)CCCCN1CCS(=O)CC1. The minimum absolute atomic E-state index is 0.386. The van der Waals surface area contributed by atoms with Gasteiger partial charge in [-0.05, 0) is 39.8 Å². The molecule has 0 aromatic carbocycles. The van der Waals surface area contributed by atoms with E-state index in [4.69, 9.17) is 5.26 Å². The number of nitrogens with one attached hydrogen (secondary N) is 1. The van der Waals surface area contributed by atoms with Crippen molar-refractivity contribution in [3.05, 3.63) is 0 Å². The molecule has 0 aromatic heterocycles. The van der Waals surface area contributed by atoms with Gasteiger partial charge in [0.25, 0.3) is 0 Å². The van der Waals surface area contributed by atoms with Crippen LogP contribution in [0, 0.1) is 11.3 Å². The van der Waals surface area contributed by atoms with Gasteiger partial charge in [0, 0.05) is 35.4 Å². The molecule has 0 saturated carbocycles. The number of rotatable bonds is 6. The summed E-state index contributed by atoms with van der Waals surface area (Å²) in [6, 6.07) is 2.31. The van der Waals surface area contributed by atoms with E-state index in [1.165, 1.54) is 0 Å². The summed E-state index contributed by atoms with van der Waals surface area (Å²) in [6.45, 7) is 4.95. The minimum Gasteiger partial charge on any atom is -0.303 e. The zero-order valence-electron chi connectivity index (χ0n) is 10.9. The first-order chi connectivity index (χ1) is 8.09. The van der Waals surface area contributed by atoms with Gasteiger partial charge in [0.1, 0.15) is 5.54 Å². The standard InChI is InChI=1S/C12H23N3OS/c1-12(11-13,14-2)5-3-4-6-15-7-9-17(16)10-8-15/h14H,3-10H2,1-2H3. The Morgan fingerprint density at radius 3 is 2.59 bits per heavy atom. The molecule has 0 aromatic rings. The topological polar surface area (TPSA) is 56.1 Å². The first kappa shape index (κ1) is 14.6. The molecule has 0 aliphatic carbocycles. The van der Waals surface area contributed by atoms with Crippen molar-refractivity contribution in [3.8, 4) is 6.07 Å². The fourth-order valence-electron chi connectivity index (χ4n) is 1.95. The Hall–Kier alpha value is -0.440. The van der Waals surface area contributed by atoms with Crippen molar-refractivity contribution < 1.29 is 4.21 Å². The van der Waals surface area contributed by atoms with Crippen LogP contribution in [0.1, 0.15) is 26.2 Å². The fourth-order valence-corrected chi connectivity index (χ4v) is 3.08. The Balaban J connectivity index is 2.12. The first-order valence-corrected chi connectivity index (χ1v) is 7.76. The normalized spacial score (nSPS) is 21.9. The quantitative estimate of drug-likeness (QED) is 0.713. The Labute approximate surface area is 107 Å². The number of nitriles is 1. The molecule has 98 valence electrons. The van der Waals surface area contributed by atoms with Crippen LogP contribution in [0.4, 0.5) is 0 Å². The molecule has 1 aliphatic heterocycles. The lowest BCUT2D eigenvalue weighted by Crippen LogP contribution is -2.39. The Kier molecular flexibility index (Phi) is 6.10. The monoisotopic (exact) mass is 257 g/mol. The first-order valence-electron chi connectivity index (χ1n) is 6.27. The Morgan fingerprint density at radius 2 is 2.06 bits per heavy atom. The molecule has 0 radical (unpaired) electrons. The summed E-state index contributed by atoms with van der Waals surface area (Å²) in [5.41, 5.74) is -0.386. The highest BCUT2D eigenvalue weighted by molar-refractivity contribution is 7.85. The number of hydrogen-bond acceptors (Lipinski definition) is 4. The third-order valence-corrected chi connectivity index (χ3v) is 4.75. The van der Waals surface area contributed by atoms with Gasteiger partial charge in [-0.1, -0.05) is 0 Å². The van der Waals surface area contributed by atoms with Gasteiger partial charge in [-0.3, -0.25) is 4.21 Å². The molecular formula is C12H23N3OS. The maximum absolute atomic E-state index is 11.2. The third kappa shape index (κ3) is 5.15. The average molecular weight is 257 g/mol. The summed E-state index contributed by atoms with van der Waals surface area (Å²) >= 11 is 0. The highest BCUT2D eigenvalue weighted by Gasteiger charge is 2.20. The minimum atomic E-state index is -0.580. The molecule has 1 heterocycles. The van der Waals surface area contributed by atoms with Gasteiger partial charge < -0.3 is 10.2 Å². The summed E-state index contributed by atoms with van der Waals surface area (Å²) in [4.78, 5) is 2.38. The summed E-state index contributed by atoms with van der Waals surface area (Å²) in [5, 5.41) is 12.1. The lowest BCUT2D eigenvalue weighted by atomic mass is 9.97. The van der Waals surface area contributed by atoms with E-state index >= 15 is 0 Å². The lowest BCUT2D eigenvalue weighted by molar-refractivity contribution is 0.286. The van der Waals surface area contributed by atoms with Crippen molar-refractivity contribution in [2.24, 2.45) is 0 Å². The van der Waals surface area contributed by atoms with Crippen LogP contribution in [-0.2, 0) is 10.8 Å². The molecule has 17 heavy (non-hydrogen) atoms. The zero-order chi connectivity index (χ0) is 12.7. The molecule has 4 nitrogen and oxygen atoms in total. The Morgan fingerprint density at radius 1 is 1.41 bits per heavy atom. The van der Waals surface area contributed by atoms with E-state index in [2.05, 4.69) is 16.3 Å². The van der Waals surface area contributed by atoms with Gasteiger partial charge in [-0.15, -0.1) is 0 Å². The van der Waals surface area contributed by atoms with E-state index in [-0.39, 0.29) is 5.54 Å². The van der Waals surface area contributed by atoms with Crippen LogP contribution >= 0.6 is 0 Å². The smallest absolute Gasteiger partial charge is 0.103 e. The van der Waals surface area contributed by atoms with E-state index < -0.39 is 10.8 Å². The molecule has 0 bridgehead atoms. The third-order valence-electron chi connectivity index (χ3n) is 3.47. The molecule has 1 N–H and O–H groups in total. The van der Waals surface area contributed by atoms with Crippen molar-refractivity contribution in [1.29, 1.82) is 5.26 Å². The van der Waals surface area contributed by atoms with Crippen LogP contribution in [0.2, 0.25) is 0 Å². The van der Waals surface area contributed by atoms with Crippen LogP contribution in [0.5, 0.6) is 0 Å². The van der Waals surface area contributed by atoms with Crippen LogP contribution in [0.25, 0.3) is 0 Å². The van der Waals surface area contributed by atoms with E-state index in [1.807, 2.05) is 14.0 Å². The van der Waals surface area contributed by atoms with Crippen molar-refractivity contribution in [1.82, 2.24) is 10.2 Å². The average Bonchev–Trinajstić information content (AvgIpc) is 2.36. The van der Waals surface area contributed by atoms with E-state index in [0.29, 0.717) is 0 Å².